The van der Waals surface area contributed by atoms with Gasteiger partial charge in [0.1, 0.15) is 0 Å². The van der Waals surface area contributed by atoms with Crippen LogP contribution in [-0.4, -0.2) is 0 Å². The molecule has 0 saturated heterocycles. The number of benzene rings is 1. The first-order valence-electron chi connectivity index (χ1n) is 6.31. The molecule has 1 radical (unpaired) electrons. The number of aryl methyl sites for hydroxylation is 3. The van der Waals surface area contributed by atoms with Crippen LogP contribution < -0.4 is 0 Å². The molecule has 1 aromatic carbocycles. The summed E-state index contributed by atoms with van der Waals surface area (Å²) in [5, 5.41) is 0. The fourth-order valence-corrected chi connectivity index (χ4v) is 2.08. The van der Waals surface area contributed by atoms with Crippen LogP contribution in [0.5, 0.6) is 0 Å². The first kappa shape index (κ1) is 13.0. The SMILES string of the molecule is CCCCC/C=[C]\c1c(C)cc(C)cc1C. The van der Waals surface area contributed by atoms with Crippen molar-refractivity contribution in [1.82, 2.24) is 0 Å². The summed E-state index contributed by atoms with van der Waals surface area (Å²) in [7, 11) is 0. The zero-order valence-corrected chi connectivity index (χ0v) is 11.1. The number of hydrogen-bond donors (Lipinski definition) is 0. The highest BCUT2D eigenvalue weighted by atomic mass is 14.0. The molecule has 0 N–H and O–H groups in total. The smallest absolute Gasteiger partial charge is 0.0122 e. The molecular weight excluding hydrogens is 192 g/mol. The maximum absolute atomic E-state index is 3.44. The second-order valence-electron chi connectivity index (χ2n) is 4.62. The lowest BCUT2D eigenvalue weighted by atomic mass is 9.99. The molecule has 0 heterocycles. The fourth-order valence-electron chi connectivity index (χ4n) is 2.08. The van der Waals surface area contributed by atoms with Crippen LogP contribution >= 0.6 is 0 Å². The zero-order valence-electron chi connectivity index (χ0n) is 11.1. The minimum atomic E-state index is 1.15. The summed E-state index contributed by atoms with van der Waals surface area (Å²) in [6.45, 7) is 8.72. The van der Waals surface area contributed by atoms with Gasteiger partial charge >= 0.3 is 0 Å². The minimum absolute atomic E-state index is 1.15. The molecule has 0 bridgehead atoms. The number of unbranched alkanes of at least 4 members (excludes halogenated alkanes) is 3. The first-order valence-corrected chi connectivity index (χ1v) is 6.31. The minimum Gasteiger partial charge on any atom is -0.0760 e. The maximum atomic E-state index is 3.44. The molecule has 87 valence electrons. The van der Waals surface area contributed by atoms with Crippen molar-refractivity contribution in [3.05, 3.63) is 46.5 Å². The summed E-state index contributed by atoms with van der Waals surface area (Å²) in [5.74, 6) is 0. The standard InChI is InChI=1S/C16H23/c1-5-6-7-8-9-10-16-14(3)11-13(2)12-15(16)4/h9,11-12H,5-8H2,1-4H3. The Balaban J connectivity index is 2.66. The Bertz CT molecular complexity index is 335. The summed E-state index contributed by atoms with van der Waals surface area (Å²) in [6.07, 6.45) is 10.7. The molecule has 0 spiro atoms. The summed E-state index contributed by atoms with van der Waals surface area (Å²) in [4.78, 5) is 0. The quantitative estimate of drug-likeness (QED) is 0.613. The molecule has 0 heteroatoms. The third-order valence-corrected chi connectivity index (χ3v) is 2.88. The maximum Gasteiger partial charge on any atom is -0.0122 e. The van der Waals surface area contributed by atoms with Crippen LogP contribution in [0.3, 0.4) is 0 Å². The predicted molar refractivity (Wildman–Crippen MR) is 71.7 cm³/mol. The van der Waals surface area contributed by atoms with Gasteiger partial charge in [-0.15, -0.1) is 0 Å². The van der Waals surface area contributed by atoms with Crippen molar-refractivity contribution in [2.24, 2.45) is 0 Å². The van der Waals surface area contributed by atoms with Crippen molar-refractivity contribution in [3.63, 3.8) is 0 Å². The van der Waals surface area contributed by atoms with E-state index in [4.69, 9.17) is 0 Å². The van der Waals surface area contributed by atoms with Crippen molar-refractivity contribution in [2.75, 3.05) is 0 Å². The Labute approximate surface area is 100 Å². The number of rotatable bonds is 5. The van der Waals surface area contributed by atoms with Crippen molar-refractivity contribution >= 4 is 0 Å². The molecule has 0 amide bonds. The molecule has 16 heavy (non-hydrogen) atoms. The highest BCUT2D eigenvalue weighted by Crippen LogP contribution is 2.16. The average molecular weight is 215 g/mol. The molecular formula is C16H23. The van der Waals surface area contributed by atoms with Gasteiger partial charge in [-0.2, -0.15) is 0 Å². The Hall–Kier alpha value is -1.04. The van der Waals surface area contributed by atoms with Crippen LogP contribution in [-0.2, 0) is 0 Å². The van der Waals surface area contributed by atoms with Crippen LogP contribution in [0.25, 0.3) is 0 Å². The van der Waals surface area contributed by atoms with Gasteiger partial charge in [-0.3, -0.25) is 0 Å². The Kier molecular flexibility index (Phi) is 5.31. The molecule has 0 atom stereocenters. The third-order valence-electron chi connectivity index (χ3n) is 2.88. The van der Waals surface area contributed by atoms with Gasteiger partial charge in [0.05, 0.1) is 0 Å². The monoisotopic (exact) mass is 215 g/mol. The number of allylic oxidation sites excluding steroid dienone is 1. The van der Waals surface area contributed by atoms with Gasteiger partial charge < -0.3 is 0 Å². The van der Waals surface area contributed by atoms with Gasteiger partial charge in [0, 0.05) is 0 Å². The van der Waals surface area contributed by atoms with Crippen LogP contribution in [0.15, 0.2) is 18.2 Å². The van der Waals surface area contributed by atoms with Gasteiger partial charge in [-0.1, -0.05) is 43.5 Å². The van der Waals surface area contributed by atoms with E-state index < -0.39 is 0 Å². The van der Waals surface area contributed by atoms with Crippen LogP contribution in [0, 0.1) is 26.8 Å². The average Bonchev–Trinajstić information content (AvgIpc) is 2.20. The molecule has 0 saturated carbocycles. The summed E-state index contributed by atoms with van der Waals surface area (Å²) < 4.78 is 0. The second-order valence-corrected chi connectivity index (χ2v) is 4.62. The Morgan fingerprint density at radius 2 is 1.69 bits per heavy atom. The van der Waals surface area contributed by atoms with E-state index in [-0.39, 0.29) is 0 Å². The third kappa shape index (κ3) is 3.84. The predicted octanol–water partition coefficient (Wildman–Crippen LogP) is 4.90. The molecule has 0 aromatic heterocycles. The molecule has 0 aliphatic heterocycles. The molecule has 0 aliphatic rings. The van der Waals surface area contributed by atoms with E-state index >= 15 is 0 Å². The van der Waals surface area contributed by atoms with E-state index in [1.807, 2.05) is 0 Å². The van der Waals surface area contributed by atoms with Gasteiger partial charge in [0.25, 0.3) is 0 Å². The molecule has 0 aliphatic carbocycles. The van der Waals surface area contributed by atoms with E-state index in [1.165, 1.54) is 41.5 Å². The van der Waals surface area contributed by atoms with E-state index in [1.54, 1.807) is 0 Å². The highest BCUT2D eigenvalue weighted by Gasteiger charge is 1.99. The summed E-state index contributed by atoms with van der Waals surface area (Å²) in [5.41, 5.74) is 5.29. The first-order chi connectivity index (χ1) is 7.65. The van der Waals surface area contributed by atoms with Gasteiger partial charge in [-0.05, 0) is 56.4 Å². The lowest BCUT2D eigenvalue weighted by Crippen LogP contribution is -1.89. The van der Waals surface area contributed by atoms with Crippen molar-refractivity contribution in [3.8, 4) is 0 Å². The van der Waals surface area contributed by atoms with Gasteiger partial charge in [0.2, 0.25) is 0 Å². The molecule has 1 aromatic rings. The van der Waals surface area contributed by atoms with E-state index in [0.717, 1.165) is 6.42 Å². The van der Waals surface area contributed by atoms with Gasteiger partial charge in [-0.25, -0.2) is 0 Å². The summed E-state index contributed by atoms with van der Waals surface area (Å²) in [6, 6.07) is 4.46. The normalized spacial score (nSPS) is 11.2. The topological polar surface area (TPSA) is 0 Å². The van der Waals surface area contributed by atoms with Crippen molar-refractivity contribution in [1.29, 1.82) is 0 Å². The molecule has 1 rings (SSSR count). The van der Waals surface area contributed by atoms with Crippen molar-refractivity contribution in [2.45, 2.75) is 53.4 Å². The van der Waals surface area contributed by atoms with Gasteiger partial charge in [0.15, 0.2) is 0 Å². The highest BCUT2D eigenvalue weighted by molar-refractivity contribution is 5.41. The van der Waals surface area contributed by atoms with Crippen LogP contribution in [0.1, 0.15) is 54.9 Å². The lowest BCUT2D eigenvalue weighted by Gasteiger charge is -2.06. The molecule has 0 fully saturated rings. The fraction of sp³-hybridized carbons (Fsp3) is 0.500. The van der Waals surface area contributed by atoms with E-state index in [2.05, 4.69) is 52.0 Å². The zero-order chi connectivity index (χ0) is 12.0. The Morgan fingerprint density at radius 1 is 1.06 bits per heavy atom. The van der Waals surface area contributed by atoms with Crippen molar-refractivity contribution < 1.29 is 0 Å². The second kappa shape index (κ2) is 6.52. The summed E-state index contributed by atoms with van der Waals surface area (Å²) >= 11 is 0. The van der Waals surface area contributed by atoms with Crippen LogP contribution in [0.4, 0.5) is 0 Å². The van der Waals surface area contributed by atoms with E-state index in [0.29, 0.717) is 0 Å². The number of hydrogen-bond acceptors (Lipinski definition) is 0. The van der Waals surface area contributed by atoms with Crippen LogP contribution in [0.2, 0.25) is 0 Å². The van der Waals surface area contributed by atoms with E-state index in [9.17, 15) is 0 Å². The lowest BCUT2D eigenvalue weighted by molar-refractivity contribution is 0.728. The molecule has 0 unspecified atom stereocenters. The largest absolute Gasteiger partial charge is 0.0760 e. The molecule has 0 nitrogen and oxygen atoms in total. The Morgan fingerprint density at radius 3 is 2.25 bits per heavy atom.